The Hall–Kier alpha value is -14.2. The molecule has 2 aromatic heterocycles. The summed E-state index contributed by atoms with van der Waals surface area (Å²) in [5.74, 6) is 3.89. The number of hydrogen-bond donors (Lipinski definition) is 0. The fourth-order valence-electron chi connectivity index (χ4n) is 18.5. The van der Waals surface area contributed by atoms with Gasteiger partial charge in [-0.2, -0.15) is 0 Å². The average Bonchev–Trinajstić information content (AvgIpc) is 1.52. The molecule has 0 saturated carbocycles. The van der Waals surface area contributed by atoms with Gasteiger partial charge in [-0.05, 0) is 160 Å². The maximum atomic E-state index is 7.21. The van der Waals surface area contributed by atoms with Crippen LogP contribution < -0.4 is 9.47 Å². The van der Waals surface area contributed by atoms with E-state index in [-0.39, 0.29) is 6.10 Å². The van der Waals surface area contributed by atoms with Gasteiger partial charge in [0.05, 0.1) is 33.6 Å². The van der Waals surface area contributed by atoms with Crippen molar-refractivity contribution in [2.75, 3.05) is 0 Å². The van der Waals surface area contributed by atoms with Gasteiger partial charge in [0.1, 0.15) is 23.4 Å². The third-order valence-corrected chi connectivity index (χ3v) is 23.4. The predicted molar refractivity (Wildman–Crippen MR) is 445 cm³/mol. The van der Waals surface area contributed by atoms with E-state index in [1.54, 1.807) is 0 Å². The molecule has 6 nitrogen and oxygen atoms in total. The van der Waals surface area contributed by atoms with Crippen molar-refractivity contribution in [3.63, 3.8) is 0 Å². The first-order valence-corrected chi connectivity index (χ1v) is 37.8. The van der Waals surface area contributed by atoms with Crippen molar-refractivity contribution < 1.29 is 9.47 Å². The van der Waals surface area contributed by atoms with Crippen molar-refractivity contribution in [2.24, 2.45) is 0 Å². The maximum Gasteiger partial charge on any atom is 0.161 e. The molecule has 514 valence electrons. The molecule has 6 heteroatoms. The van der Waals surface area contributed by atoms with E-state index in [0.717, 1.165) is 141 Å². The van der Waals surface area contributed by atoms with Crippen molar-refractivity contribution in [1.29, 1.82) is 0 Å². The van der Waals surface area contributed by atoms with Gasteiger partial charge in [0, 0.05) is 56.5 Å². The Bertz CT molecular complexity index is 6670. The molecule has 0 N–H and O–H groups in total. The second-order valence-corrected chi connectivity index (χ2v) is 29.2. The van der Waals surface area contributed by atoms with Crippen molar-refractivity contribution in [3.05, 3.63) is 427 Å². The molecule has 0 amide bonds. The van der Waals surface area contributed by atoms with Gasteiger partial charge < -0.3 is 9.47 Å². The molecule has 0 bridgehead atoms. The topological polar surface area (TPSA) is 70.0 Å². The molecule has 17 aromatic rings. The van der Waals surface area contributed by atoms with Crippen LogP contribution in [0.1, 0.15) is 45.4 Å². The minimum atomic E-state index is -0.691. The first kappa shape index (κ1) is 63.1. The summed E-state index contributed by atoms with van der Waals surface area (Å²) in [6, 6.07) is 131. The second-order valence-electron chi connectivity index (χ2n) is 29.2. The number of rotatable bonds is 10. The quantitative estimate of drug-likeness (QED) is 0.136. The van der Waals surface area contributed by atoms with E-state index < -0.39 is 10.8 Å². The molecule has 110 heavy (non-hydrogen) atoms. The van der Waals surface area contributed by atoms with Crippen molar-refractivity contribution in [3.8, 4) is 152 Å². The summed E-state index contributed by atoms with van der Waals surface area (Å²) < 4.78 is 14.1. The van der Waals surface area contributed by atoms with Crippen molar-refractivity contribution >= 4 is 10.8 Å². The number of benzene rings is 15. The fourth-order valence-corrected chi connectivity index (χ4v) is 18.5. The first-order chi connectivity index (χ1) is 54.5. The van der Waals surface area contributed by atoms with Crippen LogP contribution in [0.15, 0.2) is 388 Å². The lowest BCUT2D eigenvalue weighted by atomic mass is 9.62. The number of ether oxygens (including phenoxy) is 2. The maximum absolute atomic E-state index is 7.21. The minimum Gasteiger partial charge on any atom is -0.485 e. The molecule has 0 fully saturated rings. The van der Waals surface area contributed by atoms with Crippen LogP contribution in [-0.2, 0) is 10.8 Å². The van der Waals surface area contributed by atoms with Crippen LogP contribution in [0.3, 0.4) is 0 Å². The highest BCUT2D eigenvalue weighted by Crippen LogP contribution is 2.65. The van der Waals surface area contributed by atoms with E-state index in [1.165, 1.54) is 61.0 Å². The Kier molecular flexibility index (Phi) is 14.5. The molecule has 2 aliphatic heterocycles. The van der Waals surface area contributed by atoms with Gasteiger partial charge >= 0.3 is 0 Å². The number of allylic oxidation sites excluding steroid dienone is 2. The lowest BCUT2D eigenvalue weighted by Crippen LogP contribution is -2.42. The zero-order valence-electron chi connectivity index (χ0n) is 59.8. The lowest BCUT2D eigenvalue weighted by molar-refractivity contribution is 0.205. The number of hydrogen-bond acceptors (Lipinski definition) is 6. The van der Waals surface area contributed by atoms with Crippen LogP contribution in [0.5, 0.6) is 17.2 Å². The molecule has 15 aromatic carbocycles. The van der Waals surface area contributed by atoms with E-state index >= 15 is 0 Å². The summed E-state index contributed by atoms with van der Waals surface area (Å²) >= 11 is 0. The van der Waals surface area contributed by atoms with E-state index in [0.29, 0.717) is 11.6 Å². The second kappa shape index (κ2) is 25.2. The van der Waals surface area contributed by atoms with E-state index in [1.807, 2.05) is 6.07 Å². The van der Waals surface area contributed by atoms with Gasteiger partial charge in [0.2, 0.25) is 0 Å². The highest BCUT2D eigenvalue weighted by Gasteiger charge is 2.55. The van der Waals surface area contributed by atoms with Crippen molar-refractivity contribution in [1.82, 2.24) is 19.9 Å². The first-order valence-electron chi connectivity index (χ1n) is 37.8. The molecule has 2 unspecified atom stereocenters. The monoisotopic (exact) mass is 1400 g/mol. The van der Waals surface area contributed by atoms with Crippen LogP contribution in [0.25, 0.3) is 145 Å². The molecule has 0 saturated heterocycles. The third kappa shape index (κ3) is 9.82. The predicted octanol–water partition coefficient (Wildman–Crippen LogP) is 25.5. The summed E-state index contributed by atoms with van der Waals surface area (Å²) in [5, 5.41) is 2.35. The van der Waals surface area contributed by atoms with Crippen molar-refractivity contribution in [2.45, 2.75) is 23.4 Å². The Balaban J connectivity index is 0.631. The summed E-state index contributed by atoms with van der Waals surface area (Å²) in [4.78, 5) is 21.8. The molecule has 2 spiro atoms. The number of aromatic nitrogens is 4. The Morgan fingerprint density at radius 3 is 1.33 bits per heavy atom. The SMILES string of the molecule is C1=CCC2Oc3ccc(-c4ccccc4-c4nc(-c5ccccc5)cc(-c5ccc6ccccc6c5)n4)cc3C3(C2=C1)c1ccccc1-c1c(-c2cccc(-c4ccc(-c5cc(-c6ccccc6)nc(-c6ccccc6-c6ccc7c(c6)C6(c8ccccc8O7)c7ccccc7-c7ccccc76)n5)cc4)c2)cccc13. The smallest absolute Gasteiger partial charge is 0.161 e. The van der Waals surface area contributed by atoms with E-state index in [2.05, 4.69) is 376 Å². The van der Waals surface area contributed by atoms with Crippen LogP contribution in [0.2, 0.25) is 0 Å². The third-order valence-electron chi connectivity index (χ3n) is 23.4. The summed E-state index contributed by atoms with van der Waals surface area (Å²) in [7, 11) is 0. The molecule has 5 aliphatic rings. The Morgan fingerprint density at radius 1 is 0.255 bits per heavy atom. The molecule has 0 radical (unpaired) electrons. The molecule has 22 rings (SSSR count). The van der Waals surface area contributed by atoms with Gasteiger partial charge in [-0.25, -0.2) is 19.9 Å². The average molecular weight is 1400 g/mol. The number of para-hydroxylation sites is 1. The molecular weight excluding hydrogens is 1340 g/mol. The number of fused-ring (bicyclic) bond motifs is 19. The van der Waals surface area contributed by atoms with E-state index in [4.69, 9.17) is 29.4 Å². The molecule has 4 heterocycles. The largest absolute Gasteiger partial charge is 0.485 e. The van der Waals surface area contributed by atoms with Gasteiger partial charge in [0.25, 0.3) is 0 Å². The van der Waals surface area contributed by atoms with Crippen LogP contribution in [-0.4, -0.2) is 26.0 Å². The highest BCUT2D eigenvalue weighted by atomic mass is 16.5. The summed E-state index contributed by atoms with van der Waals surface area (Å²) in [6.45, 7) is 0. The van der Waals surface area contributed by atoms with Gasteiger partial charge in [-0.15, -0.1) is 0 Å². The van der Waals surface area contributed by atoms with Gasteiger partial charge in [-0.1, -0.05) is 328 Å². The zero-order chi connectivity index (χ0) is 72.4. The van der Waals surface area contributed by atoms with Gasteiger partial charge in [-0.3, -0.25) is 0 Å². The lowest BCUT2D eigenvalue weighted by Gasteiger charge is -2.45. The Labute approximate surface area is 638 Å². The fraction of sp³-hybridized carbons (Fsp3) is 0.0385. The molecule has 3 aliphatic carbocycles. The molecular formula is C104H66N4O2. The van der Waals surface area contributed by atoms with Gasteiger partial charge in [0.15, 0.2) is 11.6 Å². The molecule has 2 atom stereocenters. The normalized spacial score (nSPS) is 15.4. The highest BCUT2D eigenvalue weighted by molar-refractivity contribution is 5.99. The van der Waals surface area contributed by atoms with Crippen LogP contribution in [0, 0.1) is 0 Å². The van der Waals surface area contributed by atoms with Crippen LogP contribution >= 0.6 is 0 Å². The standard InChI is InChI=1S/C104H66N4O2/c1-3-26-67(27-4-1)92-63-94(107-101(105-92)81-37-11-9-33-76(81)73-55-57-98-90(61-73)103(87-44-19-21-47-96(87)109-98)84-41-16-13-35-79(84)80-36-14-17-42-85(80)103)69-52-49-66(50-53-69)71-31-23-32-72(59-71)78-40-24-46-89-100(78)83-39-15-18-43-86(83)104(89)88-45-20-22-48-97(88)110-99-58-56-74(62-91(99)104)77-34-10-12-38-82(77)102-106-93(68-28-5-2-6-29-68)64-95(108-102)75-54-51-65-25-7-8-30-70(65)60-75/h1-47,49-64,97H,48H2. The Morgan fingerprint density at radius 2 is 0.682 bits per heavy atom. The zero-order valence-corrected chi connectivity index (χ0v) is 59.8. The van der Waals surface area contributed by atoms with Crippen LogP contribution in [0.4, 0.5) is 0 Å². The van der Waals surface area contributed by atoms with E-state index in [9.17, 15) is 0 Å². The number of nitrogens with zero attached hydrogens (tertiary/aromatic N) is 4. The minimum absolute atomic E-state index is 0.171. The summed E-state index contributed by atoms with van der Waals surface area (Å²) in [6.07, 6.45) is 7.39. The summed E-state index contributed by atoms with van der Waals surface area (Å²) in [5.41, 5.74) is 31.2.